The molecule has 5 heteroatoms. The largest absolute Gasteiger partial charge is 0.450 e. The number of carbonyl (C=O) groups is 1. The van der Waals surface area contributed by atoms with Crippen LogP contribution in [0.3, 0.4) is 0 Å². The fraction of sp³-hybridized carbons (Fsp3) is 0.407. The molecule has 1 aliphatic rings. The van der Waals surface area contributed by atoms with E-state index in [1.165, 1.54) is 5.56 Å². The molecular weight excluding hydrogens is 400 g/mol. The first-order valence-corrected chi connectivity index (χ1v) is 11.3. The maximum absolute atomic E-state index is 13.7. The van der Waals surface area contributed by atoms with Crippen molar-refractivity contribution in [3.05, 3.63) is 80.2 Å². The molecule has 1 aliphatic heterocycles. The standard InChI is InChI=1S/C27H32N2O3/c1-16(2)19-8-10-20(11-9-19)24-23-25(30)21-14-17(3)18(4)15-22(21)32-26(23)27(31)29(24)13-7-12-28(5)6/h8-11,14-16,24H,7,12-13H2,1-6H3/t24-/m0/s1. The zero-order valence-corrected chi connectivity index (χ0v) is 19.9. The van der Waals surface area contributed by atoms with Crippen molar-refractivity contribution in [1.82, 2.24) is 9.80 Å². The highest BCUT2D eigenvalue weighted by Crippen LogP contribution is 2.38. The average molecular weight is 433 g/mol. The maximum Gasteiger partial charge on any atom is 0.290 e. The Morgan fingerprint density at radius 3 is 2.31 bits per heavy atom. The van der Waals surface area contributed by atoms with Gasteiger partial charge in [-0.05, 0) is 81.2 Å². The molecule has 1 amide bonds. The topological polar surface area (TPSA) is 53.8 Å². The highest BCUT2D eigenvalue weighted by molar-refractivity contribution is 5.99. The van der Waals surface area contributed by atoms with E-state index in [1.807, 2.05) is 57.1 Å². The van der Waals surface area contributed by atoms with Gasteiger partial charge in [-0.1, -0.05) is 38.1 Å². The van der Waals surface area contributed by atoms with E-state index in [-0.39, 0.29) is 17.1 Å². The van der Waals surface area contributed by atoms with Crippen molar-refractivity contribution >= 4 is 16.9 Å². The van der Waals surface area contributed by atoms with Gasteiger partial charge in [0, 0.05) is 6.54 Å². The molecule has 4 rings (SSSR count). The summed E-state index contributed by atoms with van der Waals surface area (Å²) in [4.78, 5) is 31.0. The van der Waals surface area contributed by atoms with Crippen LogP contribution in [0, 0.1) is 13.8 Å². The van der Waals surface area contributed by atoms with E-state index in [4.69, 9.17) is 4.42 Å². The molecule has 0 radical (unpaired) electrons. The van der Waals surface area contributed by atoms with Crippen molar-refractivity contribution in [3.63, 3.8) is 0 Å². The van der Waals surface area contributed by atoms with Crippen LogP contribution < -0.4 is 5.43 Å². The number of aryl methyl sites for hydroxylation is 2. The summed E-state index contributed by atoms with van der Waals surface area (Å²) in [5, 5.41) is 0.540. The van der Waals surface area contributed by atoms with E-state index >= 15 is 0 Å². The molecule has 32 heavy (non-hydrogen) atoms. The zero-order valence-electron chi connectivity index (χ0n) is 19.9. The van der Waals surface area contributed by atoms with Gasteiger partial charge in [-0.2, -0.15) is 0 Å². The summed E-state index contributed by atoms with van der Waals surface area (Å²) in [5.41, 5.74) is 5.09. The molecule has 0 saturated heterocycles. The second-order valence-electron chi connectivity index (χ2n) is 9.49. The summed E-state index contributed by atoms with van der Waals surface area (Å²) in [7, 11) is 4.04. The summed E-state index contributed by atoms with van der Waals surface area (Å²) < 4.78 is 6.10. The Balaban J connectivity index is 1.88. The van der Waals surface area contributed by atoms with Crippen molar-refractivity contribution in [1.29, 1.82) is 0 Å². The molecule has 0 unspecified atom stereocenters. The Labute approximate surface area is 189 Å². The highest BCUT2D eigenvalue weighted by atomic mass is 16.3. The number of carbonyl (C=O) groups excluding carboxylic acids is 1. The van der Waals surface area contributed by atoms with Gasteiger partial charge in [0.1, 0.15) is 5.58 Å². The molecule has 2 aromatic carbocycles. The van der Waals surface area contributed by atoms with Crippen molar-refractivity contribution in [2.75, 3.05) is 27.2 Å². The lowest BCUT2D eigenvalue weighted by atomic mass is 9.95. The van der Waals surface area contributed by atoms with Crippen LogP contribution in [-0.2, 0) is 0 Å². The van der Waals surface area contributed by atoms with E-state index < -0.39 is 6.04 Å². The van der Waals surface area contributed by atoms with Gasteiger partial charge in [0.25, 0.3) is 5.91 Å². The normalized spacial score (nSPS) is 15.9. The van der Waals surface area contributed by atoms with Gasteiger partial charge >= 0.3 is 0 Å². The average Bonchev–Trinajstić information content (AvgIpc) is 3.02. The lowest BCUT2D eigenvalue weighted by molar-refractivity contribution is 0.0722. The molecule has 0 spiro atoms. The minimum Gasteiger partial charge on any atom is -0.450 e. The van der Waals surface area contributed by atoms with Crippen LogP contribution in [0.4, 0.5) is 0 Å². The number of amides is 1. The molecule has 0 bridgehead atoms. The first-order chi connectivity index (χ1) is 15.2. The summed E-state index contributed by atoms with van der Waals surface area (Å²) in [6, 6.07) is 11.6. The lowest BCUT2D eigenvalue weighted by Crippen LogP contribution is -2.32. The Kier molecular flexibility index (Phi) is 5.95. The first kappa shape index (κ1) is 22.3. The Hall–Kier alpha value is -2.92. The molecule has 1 aromatic heterocycles. The summed E-state index contributed by atoms with van der Waals surface area (Å²) in [6.45, 7) is 9.70. The van der Waals surface area contributed by atoms with E-state index in [9.17, 15) is 9.59 Å². The number of hydrogen-bond acceptors (Lipinski definition) is 4. The van der Waals surface area contributed by atoms with Crippen molar-refractivity contribution < 1.29 is 9.21 Å². The van der Waals surface area contributed by atoms with Crippen LogP contribution in [0.25, 0.3) is 11.0 Å². The van der Waals surface area contributed by atoms with E-state index in [0.717, 1.165) is 29.7 Å². The third-order valence-corrected chi connectivity index (χ3v) is 6.51. The Bertz CT molecular complexity index is 1220. The van der Waals surface area contributed by atoms with Gasteiger partial charge in [-0.25, -0.2) is 0 Å². The van der Waals surface area contributed by atoms with Crippen LogP contribution in [0.15, 0.2) is 45.6 Å². The third-order valence-electron chi connectivity index (χ3n) is 6.51. The first-order valence-electron chi connectivity index (χ1n) is 11.3. The Morgan fingerprint density at radius 2 is 1.69 bits per heavy atom. The number of benzene rings is 2. The maximum atomic E-state index is 13.7. The molecule has 0 fully saturated rings. The van der Waals surface area contributed by atoms with Gasteiger partial charge < -0.3 is 14.2 Å². The van der Waals surface area contributed by atoms with Crippen molar-refractivity contribution in [2.45, 2.75) is 46.1 Å². The molecule has 1 atom stereocenters. The molecule has 0 N–H and O–H groups in total. The smallest absolute Gasteiger partial charge is 0.290 e. The summed E-state index contributed by atoms with van der Waals surface area (Å²) in [6.07, 6.45) is 0.819. The zero-order chi connectivity index (χ0) is 23.2. The van der Waals surface area contributed by atoms with Gasteiger partial charge in [-0.3, -0.25) is 9.59 Å². The predicted octanol–water partition coefficient (Wildman–Crippen LogP) is 5.03. The lowest BCUT2D eigenvalue weighted by Gasteiger charge is -2.26. The van der Waals surface area contributed by atoms with Crippen LogP contribution in [0.1, 0.15) is 70.6 Å². The summed E-state index contributed by atoms with van der Waals surface area (Å²) >= 11 is 0. The van der Waals surface area contributed by atoms with E-state index in [2.05, 4.69) is 30.9 Å². The number of fused-ring (bicyclic) bond motifs is 2. The quantitative estimate of drug-likeness (QED) is 0.548. The second-order valence-corrected chi connectivity index (χ2v) is 9.49. The van der Waals surface area contributed by atoms with E-state index in [0.29, 0.717) is 29.0 Å². The highest BCUT2D eigenvalue weighted by Gasteiger charge is 2.42. The summed E-state index contributed by atoms with van der Waals surface area (Å²) in [5.74, 6) is 0.403. The molecule has 2 heterocycles. The minimum atomic E-state index is -0.428. The number of nitrogens with zero attached hydrogens (tertiary/aromatic N) is 2. The molecule has 5 nitrogen and oxygen atoms in total. The third kappa shape index (κ3) is 3.86. The monoisotopic (exact) mass is 432 g/mol. The second kappa shape index (κ2) is 8.55. The molecule has 3 aromatic rings. The molecule has 0 saturated carbocycles. The van der Waals surface area contributed by atoms with Crippen LogP contribution in [0.2, 0.25) is 0 Å². The van der Waals surface area contributed by atoms with Crippen LogP contribution in [-0.4, -0.2) is 42.9 Å². The minimum absolute atomic E-state index is 0.106. The Morgan fingerprint density at radius 1 is 1.03 bits per heavy atom. The van der Waals surface area contributed by atoms with E-state index in [1.54, 1.807) is 0 Å². The van der Waals surface area contributed by atoms with Gasteiger partial charge in [0.15, 0.2) is 5.43 Å². The molecule has 0 aliphatic carbocycles. The van der Waals surface area contributed by atoms with Crippen molar-refractivity contribution in [2.24, 2.45) is 0 Å². The van der Waals surface area contributed by atoms with Gasteiger partial charge in [0.05, 0.1) is 17.0 Å². The molecule has 168 valence electrons. The van der Waals surface area contributed by atoms with Gasteiger partial charge in [-0.15, -0.1) is 0 Å². The predicted molar refractivity (Wildman–Crippen MR) is 129 cm³/mol. The fourth-order valence-corrected chi connectivity index (χ4v) is 4.47. The fourth-order valence-electron chi connectivity index (χ4n) is 4.47. The van der Waals surface area contributed by atoms with Crippen molar-refractivity contribution in [3.8, 4) is 0 Å². The number of hydrogen-bond donors (Lipinski definition) is 0. The van der Waals surface area contributed by atoms with Crippen LogP contribution in [0.5, 0.6) is 0 Å². The SMILES string of the molecule is Cc1cc2oc3c(c(=O)c2cc1C)[C@H](c1ccc(C(C)C)cc1)N(CCCN(C)C)C3=O. The van der Waals surface area contributed by atoms with Crippen LogP contribution >= 0.6 is 0 Å². The van der Waals surface area contributed by atoms with Gasteiger partial charge in [0.2, 0.25) is 5.76 Å². The molecular formula is C27H32N2O3. The number of rotatable bonds is 6.